The van der Waals surface area contributed by atoms with Crippen LogP contribution in [0.4, 0.5) is 0 Å². The number of carbonyl (C=O) groups is 3. The number of phenolic OH excluding ortho intramolecular Hbond substituents is 1. The standard InChI is InChI=1S/C33H44N2O7/c1-20(36)33(40)16-13-27-25-10-7-22-18-23(11-14-31(22,2)26(25)12-15-32(27,33)3)35-42-19-29(38)34-28(30(39)41-4)17-21-5-8-24(37)9-6-21/h5-6,8-9,18,25-28,37,40H,7,10-17,19H2,1-4H3,(H,34,38)/b35-23+/t25-,26+,27-,28-,31-,32-,33-/m0/s1. The number of aliphatic hydroxyl groups is 1. The number of carbonyl (C=O) groups excluding carboxylic acids is 3. The van der Waals surface area contributed by atoms with E-state index in [1.54, 1.807) is 19.1 Å². The number of ether oxygens (including phenoxy) is 1. The molecule has 4 aliphatic rings. The second-order valence-electron chi connectivity index (χ2n) is 13.3. The van der Waals surface area contributed by atoms with E-state index in [4.69, 9.17) is 9.57 Å². The van der Waals surface area contributed by atoms with Crippen LogP contribution in [0.3, 0.4) is 0 Å². The van der Waals surface area contributed by atoms with Gasteiger partial charge in [0.1, 0.15) is 17.4 Å². The largest absolute Gasteiger partial charge is 0.508 e. The topological polar surface area (TPSA) is 135 Å². The third kappa shape index (κ3) is 5.25. The SMILES string of the molecule is COC(=O)[C@H](Cc1ccc(O)cc1)NC(=O)CO/N=C1/C=C2CC[C@H]3[C@@H](CC[C@@]4(C)[C@H]3CC[C@]4(O)C(C)=O)[C@@]2(C)CC1. The van der Waals surface area contributed by atoms with Gasteiger partial charge in [0.2, 0.25) is 0 Å². The van der Waals surface area contributed by atoms with E-state index in [-0.39, 0.29) is 35.4 Å². The monoisotopic (exact) mass is 580 g/mol. The molecule has 7 atom stereocenters. The van der Waals surface area contributed by atoms with E-state index >= 15 is 0 Å². The van der Waals surface area contributed by atoms with Crippen LogP contribution >= 0.6 is 0 Å². The van der Waals surface area contributed by atoms with Crippen molar-refractivity contribution in [2.45, 2.75) is 90.2 Å². The lowest BCUT2D eigenvalue weighted by Crippen LogP contribution is -2.57. The van der Waals surface area contributed by atoms with Gasteiger partial charge in [-0.25, -0.2) is 4.79 Å². The maximum atomic E-state index is 12.6. The van der Waals surface area contributed by atoms with Crippen molar-refractivity contribution in [3.05, 3.63) is 41.5 Å². The maximum Gasteiger partial charge on any atom is 0.328 e. The van der Waals surface area contributed by atoms with Crippen LogP contribution < -0.4 is 5.32 Å². The molecule has 0 saturated heterocycles. The maximum absolute atomic E-state index is 12.6. The highest BCUT2D eigenvalue weighted by Crippen LogP contribution is 2.67. The van der Waals surface area contributed by atoms with Crippen LogP contribution in [0.5, 0.6) is 5.75 Å². The van der Waals surface area contributed by atoms with Crippen molar-refractivity contribution < 1.29 is 34.2 Å². The van der Waals surface area contributed by atoms with Crippen LogP contribution in [0.2, 0.25) is 0 Å². The third-order valence-corrected chi connectivity index (χ3v) is 11.3. The molecule has 1 amide bonds. The lowest BCUT2D eigenvalue weighted by Gasteiger charge is -2.59. The molecule has 0 radical (unpaired) electrons. The molecule has 0 bridgehead atoms. The number of esters is 1. The molecule has 228 valence electrons. The van der Waals surface area contributed by atoms with Crippen LogP contribution in [0, 0.1) is 28.6 Å². The highest BCUT2D eigenvalue weighted by Gasteiger charge is 2.65. The fourth-order valence-corrected chi connectivity index (χ4v) is 8.85. The van der Waals surface area contributed by atoms with Crippen molar-refractivity contribution in [1.82, 2.24) is 5.32 Å². The van der Waals surface area contributed by atoms with Crippen molar-refractivity contribution in [2.75, 3.05) is 13.7 Å². The number of fused-ring (bicyclic) bond motifs is 5. The predicted octanol–water partition coefficient (Wildman–Crippen LogP) is 4.25. The zero-order chi connectivity index (χ0) is 30.3. The Hall–Kier alpha value is -3.20. The van der Waals surface area contributed by atoms with Gasteiger partial charge >= 0.3 is 5.97 Å². The van der Waals surface area contributed by atoms with Crippen molar-refractivity contribution in [1.29, 1.82) is 0 Å². The number of hydrogen-bond donors (Lipinski definition) is 3. The van der Waals surface area contributed by atoms with Gasteiger partial charge in [-0.2, -0.15) is 0 Å². The zero-order valence-electron chi connectivity index (χ0n) is 25.2. The number of Topliss-reactive ketones (excluding diaryl/α,β-unsaturated/α-hetero) is 1. The third-order valence-electron chi connectivity index (χ3n) is 11.3. The van der Waals surface area contributed by atoms with E-state index in [0.717, 1.165) is 56.2 Å². The first-order valence-electron chi connectivity index (χ1n) is 15.2. The van der Waals surface area contributed by atoms with E-state index < -0.39 is 23.5 Å². The summed E-state index contributed by atoms with van der Waals surface area (Å²) in [6.45, 7) is 5.75. The van der Waals surface area contributed by atoms with E-state index in [1.165, 1.54) is 24.8 Å². The van der Waals surface area contributed by atoms with Gasteiger partial charge in [0, 0.05) is 11.8 Å². The summed E-state index contributed by atoms with van der Waals surface area (Å²) < 4.78 is 4.85. The first-order chi connectivity index (χ1) is 19.9. The number of amides is 1. The Morgan fingerprint density at radius 2 is 1.76 bits per heavy atom. The number of ketones is 1. The van der Waals surface area contributed by atoms with Crippen molar-refractivity contribution >= 4 is 23.4 Å². The van der Waals surface area contributed by atoms with Gasteiger partial charge in [0.05, 0.1) is 12.8 Å². The fourth-order valence-electron chi connectivity index (χ4n) is 8.85. The number of methoxy groups -OCH3 is 1. The number of nitrogens with one attached hydrogen (secondary N) is 1. The number of oxime groups is 1. The summed E-state index contributed by atoms with van der Waals surface area (Å²) in [6, 6.07) is 5.52. The zero-order valence-corrected chi connectivity index (χ0v) is 25.2. The number of rotatable bonds is 8. The molecule has 3 saturated carbocycles. The summed E-state index contributed by atoms with van der Waals surface area (Å²) in [5.74, 6) is 0.371. The van der Waals surface area contributed by atoms with Gasteiger partial charge in [-0.05, 0) is 105 Å². The Morgan fingerprint density at radius 3 is 2.45 bits per heavy atom. The van der Waals surface area contributed by atoms with Gasteiger partial charge in [0.15, 0.2) is 12.4 Å². The molecule has 1 aromatic carbocycles. The van der Waals surface area contributed by atoms with Crippen molar-refractivity contribution in [3.8, 4) is 5.75 Å². The molecule has 0 spiro atoms. The predicted molar refractivity (Wildman–Crippen MR) is 156 cm³/mol. The van der Waals surface area contributed by atoms with Gasteiger partial charge in [-0.3, -0.25) is 9.59 Å². The molecule has 0 unspecified atom stereocenters. The second kappa shape index (κ2) is 11.5. The summed E-state index contributed by atoms with van der Waals surface area (Å²) in [7, 11) is 1.27. The number of hydrogen-bond acceptors (Lipinski definition) is 8. The van der Waals surface area contributed by atoms with Gasteiger partial charge in [-0.1, -0.05) is 36.7 Å². The Morgan fingerprint density at radius 1 is 1.05 bits per heavy atom. The Kier molecular flexibility index (Phi) is 8.27. The minimum Gasteiger partial charge on any atom is -0.508 e. The molecule has 4 aliphatic carbocycles. The van der Waals surface area contributed by atoms with Crippen LogP contribution in [-0.4, -0.2) is 58.9 Å². The molecule has 0 aromatic heterocycles. The Bertz CT molecular complexity index is 1290. The average Bonchev–Trinajstić information content (AvgIpc) is 3.25. The number of benzene rings is 1. The molecule has 3 fully saturated rings. The van der Waals surface area contributed by atoms with E-state index in [2.05, 4.69) is 30.4 Å². The molecule has 0 aliphatic heterocycles. The molecule has 0 heterocycles. The number of allylic oxidation sites excluding steroid dienone is 2. The number of phenols is 1. The number of nitrogens with zero attached hydrogens (tertiary/aromatic N) is 1. The lowest BCUT2D eigenvalue weighted by atomic mass is 9.46. The Labute approximate surface area is 247 Å². The quantitative estimate of drug-likeness (QED) is 0.309. The Balaban J connectivity index is 1.20. The van der Waals surface area contributed by atoms with E-state index in [0.29, 0.717) is 24.2 Å². The number of aromatic hydroxyl groups is 1. The lowest BCUT2D eigenvalue weighted by molar-refractivity contribution is -0.159. The second-order valence-corrected chi connectivity index (χ2v) is 13.3. The smallest absolute Gasteiger partial charge is 0.328 e. The first-order valence-corrected chi connectivity index (χ1v) is 15.2. The summed E-state index contributed by atoms with van der Waals surface area (Å²) in [4.78, 5) is 42.8. The highest BCUT2D eigenvalue weighted by molar-refractivity contribution is 5.96. The van der Waals surface area contributed by atoms with E-state index in [9.17, 15) is 24.6 Å². The molecule has 9 heteroatoms. The van der Waals surface area contributed by atoms with E-state index in [1.807, 2.05) is 0 Å². The highest BCUT2D eigenvalue weighted by atomic mass is 16.6. The minimum absolute atomic E-state index is 0.0551. The molecule has 42 heavy (non-hydrogen) atoms. The van der Waals surface area contributed by atoms with Crippen LogP contribution in [-0.2, 0) is 30.4 Å². The van der Waals surface area contributed by atoms with Gasteiger partial charge in [0.25, 0.3) is 5.91 Å². The summed E-state index contributed by atoms with van der Waals surface area (Å²) in [5, 5.41) is 27.8. The van der Waals surface area contributed by atoms with Gasteiger partial charge < -0.3 is 25.1 Å². The molecule has 9 nitrogen and oxygen atoms in total. The van der Waals surface area contributed by atoms with Gasteiger partial charge in [-0.15, -0.1) is 0 Å². The molecular formula is C33H44N2O7. The van der Waals surface area contributed by atoms with Crippen LogP contribution in [0.25, 0.3) is 0 Å². The summed E-state index contributed by atoms with van der Waals surface area (Å²) in [6.07, 6.45) is 9.44. The molecule has 1 aromatic rings. The minimum atomic E-state index is -1.20. The molecular weight excluding hydrogens is 536 g/mol. The van der Waals surface area contributed by atoms with Crippen LogP contribution in [0.15, 0.2) is 41.1 Å². The molecule has 3 N–H and O–H groups in total. The normalized spacial score (nSPS) is 35.2. The fraction of sp³-hybridized carbons (Fsp3) is 0.636. The average molecular weight is 581 g/mol. The van der Waals surface area contributed by atoms with Crippen LogP contribution in [0.1, 0.15) is 77.7 Å². The first kappa shape index (κ1) is 30.3. The molecule has 5 rings (SSSR count). The summed E-state index contributed by atoms with van der Waals surface area (Å²) >= 11 is 0. The van der Waals surface area contributed by atoms with Crippen molar-refractivity contribution in [3.63, 3.8) is 0 Å². The summed E-state index contributed by atoms with van der Waals surface area (Å²) in [5.41, 5.74) is 1.47. The van der Waals surface area contributed by atoms with Crippen molar-refractivity contribution in [2.24, 2.45) is 33.7 Å².